The van der Waals surface area contributed by atoms with Gasteiger partial charge in [0.2, 0.25) is 10.0 Å². The van der Waals surface area contributed by atoms with Crippen LogP contribution in [-0.2, 0) is 10.0 Å². The van der Waals surface area contributed by atoms with Gasteiger partial charge in [-0.2, -0.15) is 10.4 Å². The molecule has 0 spiro atoms. The monoisotopic (exact) mass is 404 g/mol. The number of rotatable bonds is 3. The Balaban J connectivity index is 1.80. The number of nitriles is 1. The third-order valence-electron chi connectivity index (χ3n) is 4.63. The maximum Gasteiger partial charge on any atom is 0.238 e. The molecule has 0 bridgehead atoms. The molecular formula is C17H14F2N6O2S. The van der Waals surface area contributed by atoms with Crippen LogP contribution in [0.2, 0.25) is 0 Å². The van der Waals surface area contributed by atoms with E-state index < -0.39 is 28.1 Å². The summed E-state index contributed by atoms with van der Waals surface area (Å²) in [5, 5.41) is 18.3. The Morgan fingerprint density at radius 2 is 2.11 bits per heavy atom. The van der Waals surface area contributed by atoms with Crippen molar-refractivity contribution in [2.75, 3.05) is 11.4 Å². The largest absolute Gasteiger partial charge is 0.346 e. The van der Waals surface area contributed by atoms with Crippen LogP contribution in [0.15, 0.2) is 41.6 Å². The minimum atomic E-state index is -4.12. The van der Waals surface area contributed by atoms with Gasteiger partial charge in [-0.05, 0) is 29.8 Å². The lowest BCUT2D eigenvalue weighted by Gasteiger charge is -2.26. The zero-order chi connectivity index (χ0) is 20.1. The third-order valence-corrected chi connectivity index (χ3v) is 5.52. The summed E-state index contributed by atoms with van der Waals surface area (Å²) in [5.74, 6) is -0.411. The highest BCUT2D eigenvalue weighted by molar-refractivity contribution is 7.89. The van der Waals surface area contributed by atoms with Crippen LogP contribution < -0.4 is 10.0 Å². The van der Waals surface area contributed by atoms with E-state index in [1.165, 1.54) is 16.8 Å². The van der Waals surface area contributed by atoms with E-state index in [-0.39, 0.29) is 29.0 Å². The fourth-order valence-electron chi connectivity index (χ4n) is 3.39. The van der Waals surface area contributed by atoms with Crippen LogP contribution in [-0.4, -0.2) is 35.7 Å². The third kappa shape index (κ3) is 3.17. The molecule has 1 fully saturated rings. The fourth-order valence-corrected chi connectivity index (χ4v) is 3.97. The second-order valence-electron chi connectivity index (χ2n) is 6.49. The van der Waals surface area contributed by atoms with Crippen molar-refractivity contribution in [3.05, 3.63) is 53.6 Å². The highest BCUT2D eigenvalue weighted by Crippen LogP contribution is 2.37. The first-order valence-electron chi connectivity index (χ1n) is 8.25. The van der Waals surface area contributed by atoms with Gasteiger partial charge in [-0.3, -0.25) is 0 Å². The molecule has 1 saturated heterocycles. The molecule has 1 aromatic carbocycles. The van der Waals surface area contributed by atoms with Crippen LogP contribution >= 0.6 is 0 Å². The van der Waals surface area contributed by atoms with Gasteiger partial charge in [0.25, 0.3) is 0 Å². The van der Waals surface area contributed by atoms with E-state index in [1.54, 1.807) is 17.2 Å². The molecule has 1 aliphatic heterocycles. The molecular weight excluding hydrogens is 390 g/mol. The molecule has 0 unspecified atom stereocenters. The van der Waals surface area contributed by atoms with E-state index in [2.05, 4.69) is 10.1 Å². The number of fused-ring (bicyclic) bond motifs is 1. The molecule has 2 N–H and O–H groups in total. The Kier molecular flexibility index (Phi) is 4.24. The summed E-state index contributed by atoms with van der Waals surface area (Å²) in [4.78, 5) is 5.63. The van der Waals surface area contributed by atoms with Crippen molar-refractivity contribution < 1.29 is 17.2 Å². The number of alkyl halides is 1. The van der Waals surface area contributed by atoms with Gasteiger partial charge in [-0.25, -0.2) is 31.8 Å². The molecule has 144 valence electrons. The summed E-state index contributed by atoms with van der Waals surface area (Å²) >= 11 is 0. The van der Waals surface area contributed by atoms with Gasteiger partial charge in [-0.1, -0.05) is 0 Å². The smallest absolute Gasteiger partial charge is 0.238 e. The SMILES string of the molecule is N#Cc1cnn2ccc(N3C[C@@H](F)C[C@@H]3c3cc(F)cc(S(N)(=O)=O)c3)nc12. The van der Waals surface area contributed by atoms with Crippen LogP contribution in [0.5, 0.6) is 0 Å². The Labute approximate surface area is 158 Å². The normalized spacial score (nSPS) is 19.9. The second kappa shape index (κ2) is 6.50. The molecule has 3 heterocycles. The number of benzene rings is 1. The molecule has 2 atom stereocenters. The van der Waals surface area contributed by atoms with E-state index in [0.717, 1.165) is 12.1 Å². The Bertz CT molecular complexity index is 1220. The van der Waals surface area contributed by atoms with Gasteiger partial charge in [0.1, 0.15) is 29.4 Å². The first-order chi connectivity index (χ1) is 13.3. The molecule has 28 heavy (non-hydrogen) atoms. The van der Waals surface area contributed by atoms with Gasteiger partial charge in [-0.15, -0.1) is 0 Å². The number of nitrogens with zero attached hydrogens (tertiary/aromatic N) is 5. The lowest BCUT2D eigenvalue weighted by molar-refractivity contribution is 0.356. The van der Waals surface area contributed by atoms with Gasteiger partial charge in [0.15, 0.2) is 5.65 Å². The van der Waals surface area contributed by atoms with Crippen LogP contribution in [0.4, 0.5) is 14.6 Å². The summed E-state index contributed by atoms with van der Waals surface area (Å²) in [6, 6.07) is 6.16. The highest BCUT2D eigenvalue weighted by Gasteiger charge is 2.35. The standard InChI is InChI=1S/C17H14F2N6O2S/c18-12-3-10(4-14(5-12)28(21,26)27)15-6-13(19)9-24(15)16-1-2-25-17(23-16)11(7-20)8-22-25/h1-5,8,13,15H,6,9H2,(H2,21,26,27)/t13-,15+/m0/s1. The van der Waals surface area contributed by atoms with Crippen LogP contribution in [0.25, 0.3) is 5.65 Å². The van der Waals surface area contributed by atoms with Crippen molar-refractivity contribution in [2.24, 2.45) is 5.14 Å². The zero-order valence-corrected chi connectivity index (χ0v) is 15.1. The zero-order valence-electron chi connectivity index (χ0n) is 14.3. The van der Waals surface area contributed by atoms with Gasteiger partial charge in [0, 0.05) is 12.6 Å². The average molecular weight is 404 g/mol. The topological polar surface area (TPSA) is 117 Å². The summed E-state index contributed by atoms with van der Waals surface area (Å²) < 4.78 is 52.9. The van der Waals surface area contributed by atoms with Gasteiger partial charge in [0.05, 0.1) is 23.7 Å². The molecule has 1 aliphatic rings. The van der Waals surface area contributed by atoms with Crippen molar-refractivity contribution in [1.29, 1.82) is 5.26 Å². The molecule has 0 amide bonds. The molecule has 11 heteroatoms. The van der Waals surface area contributed by atoms with E-state index in [4.69, 9.17) is 10.4 Å². The maximum absolute atomic E-state index is 14.3. The average Bonchev–Trinajstić information content (AvgIpc) is 3.23. The van der Waals surface area contributed by atoms with Crippen LogP contribution in [0.1, 0.15) is 23.6 Å². The van der Waals surface area contributed by atoms with E-state index in [9.17, 15) is 17.2 Å². The quantitative estimate of drug-likeness (QED) is 0.710. The van der Waals surface area contributed by atoms with E-state index in [1.807, 2.05) is 6.07 Å². The van der Waals surface area contributed by atoms with Crippen LogP contribution in [0, 0.1) is 17.1 Å². The molecule has 4 rings (SSSR count). The minimum Gasteiger partial charge on any atom is -0.346 e. The Hall–Kier alpha value is -3.10. The van der Waals surface area contributed by atoms with E-state index >= 15 is 0 Å². The number of hydrogen-bond donors (Lipinski definition) is 1. The minimum absolute atomic E-state index is 0.00884. The number of aromatic nitrogens is 3. The molecule has 3 aromatic rings. The summed E-state index contributed by atoms with van der Waals surface area (Å²) in [5.41, 5.74) is 0.849. The first kappa shape index (κ1) is 18.3. The van der Waals surface area contributed by atoms with Crippen molar-refractivity contribution >= 4 is 21.5 Å². The summed E-state index contributed by atoms with van der Waals surface area (Å²) in [6.07, 6.45) is 1.77. The fraction of sp³-hybridized carbons (Fsp3) is 0.235. The molecule has 8 nitrogen and oxygen atoms in total. The summed E-state index contributed by atoms with van der Waals surface area (Å²) in [6.45, 7) is -0.00884. The van der Waals surface area contributed by atoms with Crippen molar-refractivity contribution in [2.45, 2.75) is 23.5 Å². The predicted molar refractivity (Wildman–Crippen MR) is 95.1 cm³/mol. The number of sulfonamides is 1. The van der Waals surface area contributed by atoms with Gasteiger partial charge >= 0.3 is 0 Å². The molecule has 0 radical (unpaired) electrons. The molecule has 0 aliphatic carbocycles. The van der Waals surface area contributed by atoms with Crippen molar-refractivity contribution in [3.63, 3.8) is 0 Å². The number of halogens is 2. The lowest BCUT2D eigenvalue weighted by Crippen LogP contribution is -2.25. The molecule has 0 saturated carbocycles. The number of primary sulfonamides is 1. The second-order valence-corrected chi connectivity index (χ2v) is 8.05. The van der Waals surface area contributed by atoms with Crippen molar-refractivity contribution in [1.82, 2.24) is 14.6 Å². The van der Waals surface area contributed by atoms with Crippen molar-refractivity contribution in [3.8, 4) is 6.07 Å². The first-order valence-corrected chi connectivity index (χ1v) is 9.79. The Morgan fingerprint density at radius 3 is 2.82 bits per heavy atom. The predicted octanol–water partition coefficient (Wildman–Crippen LogP) is 1.68. The van der Waals surface area contributed by atoms with Crippen LogP contribution in [0.3, 0.4) is 0 Å². The van der Waals surface area contributed by atoms with E-state index in [0.29, 0.717) is 11.5 Å². The number of hydrogen-bond acceptors (Lipinski definition) is 6. The Morgan fingerprint density at radius 1 is 1.32 bits per heavy atom. The number of nitrogens with two attached hydrogens (primary N) is 1. The lowest BCUT2D eigenvalue weighted by atomic mass is 10.0. The summed E-state index contributed by atoms with van der Waals surface area (Å²) in [7, 11) is -4.12. The highest BCUT2D eigenvalue weighted by atomic mass is 32.2. The maximum atomic E-state index is 14.3. The number of anilines is 1. The molecule has 2 aromatic heterocycles. The van der Waals surface area contributed by atoms with Gasteiger partial charge < -0.3 is 4.90 Å².